The smallest absolute Gasteiger partial charge is 0.292 e. The number of benzene rings is 1. The van der Waals surface area contributed by atoms with E-state index in [1.807, 2.05) is 0 Å². The summed E-state index contributed by atoms with van der Waals surface area (Å²) < 4.78 is 15.7. The number of methoxy groups -OCH3 is 1. The largest absolute Gasteiger partial charge is 0.385 e. The number of hydrogen-bond donors (Lipinski definition) is 1. The molecule has 0 fully saturated rings. The molecule has 0 saturated heterocycles. The van der Waals surface area contributed by atoms with E-state index in [2.05, 4.69) is 5.32 Å². The van der Waals surface area contributed by atoms with Crippen LogP contribution in [-0.2, 0) is 20.8 Å². The van der Waals surface area contributed by atoms with Gasteiger partial charge >= 0.3 is 0 Å². The Balaban J connectivity index is 2.29. The number of nitro benzene ring substituents is 1. The van der Waals surface area contributed by atoms with Crippen molar-refractivity contribution in [1.29, 1.82) is 0 Å². The van der Waals surface area contributed by atoms with Crippen LogP contribution in [0.25, 0.3) is 0 Å². The fourth-order valence-electron chi connectivity index (χ4n) is 1.74. The van der Waals surface area contributed by atoms with E-state index in [0.29, 0.717) is 38.7 Å². The highest BCUT2D eigenvalue weighted by atomic mass is 16.6. The minimum absolute atomic E-state index is 0.0504. The van der Waals surface area contributed by atoms with Gasteiger partial charge in [0, 0.05) is 33.4 Å². The summed E-state index contributed by atoms with van der Waals surface area (Å²) in [6, 6.07) is 5.00. The molecular formula is C14H22N2O5. The van der Waals surface area contributed by atoms with E-state index >= 15 is 0 Å². The lowest BCUT2D eigenvalue weighted by molar-refractivity contribution is -0.384. The SMILES string of the molecule is CNc1ccc(COCCOCCCOC)cc1[N+](=O)[O-]. The van der Waals surface area contributed by atoms with E-state index in [0.717, 1.165) is 12.0 Å². The fourth-order valence-corrected chi connectivity index (χ4v) is 1.74. The summed E-state index contributed by atoms with van der Waals surface area (Å²) in [5.41, 5.74) is 1.31. The van der Waals surface area contributed by atoms with Crippen molar-refractivity contribution in [3.8, 4) is 0 Å². The van der Waals surface area contributed by atoms with E-state index < -0.39 is 4.92 Å². The fraction of sp³-hybridized carbons (Fsp3) is 0.571. The molecule has 0 aliphatic heterocycles. The first-order chi connectivity index (χ1) is 10.2. The van der Waals surface area contributed by atoms with Crippen LogP contribution in [0.1, 0.15) is 12.0 Å². The molecule has 0 amide bonds. The van der Waals surface area contributed by atoms with Gasteiger partial charge in [0.1, 0.15) is 5.69 Å². The molecule has 1 rings (SSSR count). The van der Waals surface area contributed by atoms with Crippen LogP contribution in [0, 0.1) is 10.1 Å². The van der Waals surface area contributed by atoms with Crippen molar-refractivity contribution in [2.75, 3.05) is 45.9 Å². The number of nitrogens with zero attached hydrogens (tertiary/aromatic N) is 1. The highest BCUT2D eigenvalue weighted by Gasteiger charge is 2.13. The molecule has 0 unspecified atom stereocenters. The second kappa shape index (κ2) is 10.1. The van der Waals surface area contributed by atoms with Crippen LogP contribution in [0.15, 0.2) is 18.2 Å². The molecule has 118 valence electrons. The Labute approximate surface area is 124 Å². The van der Waals surface area contributed by atoms with Gasteiger partial charge in [-0.25, -0.2) is 0 Å². The Bertz CT molecular complexity index is 439. The van der Waals surface area contributed by atoms with Crippen LogP contribution in [-0.4, -0.2) is 45.5 Å². The van der Waals surface area contributed by atoms with Gasteiger partial charge in [-0.05, 0) is 18.1 Å². The van der Waals surface area contributed by atoms with Gasteiger partial charge in [0.15, 0.2) is 0 Å². The lowest BCUT2D eigenvalue weighted by Crippen LogP contribution is -2.07. The summed E-state index contributed by atoms with van der Waals surface area (Å²) in [7, 11) is 3.31. The molecule has 0 aliphatic rings. The molecule has 0 radical (unpaired) electrons. The van der Waals surface area contributed by atoms with Crippen molar-refractivity contribution in [3.63, 3.8) is 0 Å². The minimum Gasteiger partial charge on any atom is -0.385 e. The number of nitrogens with one attached hydrogen (secondary N) is 1. The first-order valence-electron chi connectivity index (χ1n) is 6.78. The van der Waals surface area contributed by atoms with E-state index in [4.69, 9.17) is 14.2 Å². The number of nitro groups is 1. The third kappa shape index (κ3) is 6.52. The van der Waals surface area contributed by atoms with Gasteiger partial charge in [0.05, 0.1) is 24.7 Å². The number of hydrogen-bond acceptors (Lipinski definition) is 6. The standard InChI is InChI=1S/C14H22N2O5/c1-15-13-5-4-12(10-14(13)16(17)18)11-21-9-8-20-7-3-6-19-2/h4-5,10,15H,3,6-9,11H2,1-2H3. The maximum absolute atomic E-state index is 10.9. The topological polar surface area (TPSA) is 82.9 Å². The molecule has 21 heavy (non-hydrogen) atoms. The minimum atomic E-state index is -0.408. The maximum atomic E-state index is 10.9. The first kappa shape index (κ1) is 17.4. The van der Waals surface area contributed by atoms with Crippen LogP contribution >= 0.6 is 0 Å². The van der Waals surface area contributed by atoms with Crippen molar-refractivity contribution >= 4 is 11.4 Å². The van der Waals surface area contributed by atoms with E-state index in [9.17, 15) is 10.1 Å². The Morgan fingerprint density at radius 1 is 1.19 bits per heavy atom. The number of anilines is 1. The summed E-state index contributed by atoms with van der Waals surface area (Å²) in [5.74, 6) is 0. The summed E-state index contributed by atoms with van der Waals surface area (Å²) in [6.07, 6.45) is 0.855. The van der Waals surface area contributed by atoms with Crippen LogP contribution in [0.3, 0.4) is 0 Å². The van der Waals surface area contributed by atoms with Gasteiger partial charge in [-0.1, -0.05) is 6.07 Å². The molecule has 0 heterocycles. The predicted molar refractivity (Wildman–Crippen MR) is 79.6 cm³/mol. The predicted octanol–water partition coefficient (Wildman–Crippen LogP) is 2.21. The van der Waals surface area contributed by atoms with Crippen molar-refractivity contribution in [3.05, 3.63) is 33.9 Å². The van der Waals surface area contributed by atoms with Gasteiger partial charge in [0.2, 0.25) is 0 Å². The lowest BCUT2D eigenvalue weighted by Gasteiger charge is -2.07. The van der Waals surface area contributed by atoms with Gasteiger partial charge in [-0.2, -0.15) is 0 Å². The molecule has 0 atom stereocenters. The highest BCUT2D eigenvalue weighted by molar-refractivity contribution is 5.62. The lowest BCUT2D eigenvalue weighted by atomic mass is 10.2. The number of rotatable bonds is 11. The van der Waals surface area contributed by atoms with E-state index in [1.165, 1.54) is 6.07 Å². The molecule has 0 bridgehead atoms. The molecule has 0 spiro atoms. The van der Waals surface area contributed by atoms with Crippen LogP contribution in [0.2, 0.25) is 0 Å². The van der Waals surface area contributed by atoms with E-state index in [-0.39, 0.29) is 5.69 Å². The highest BCUT2D eigenvalue weighted by Crippen LogP contribution is 2.25. The van der Waals surface area contributed by atoms with Crippen molar-refractivity contribution in [1.82, 2.24) is 0 Å². The van der Waals surface area contributed by atoms with Crippen molar-refractivity contribution in [2.24, 2.45) is 0 Å². The first-order valence-corrected chi connectivity index (χ1v) is 6.78. The zero-order valence-electron chi connectivity index (χ0n) is 12.5. The average molecular weight is 298 g/mol. The Kier molecular flexibility index (Phi) is 8.34. The van der Waals surface area contributed by atoms with Gasteiger partial charge in [0.25, 0.3) is 5.69 Å². The normalized spacial score (nSPS) is 10.6. The van der Waals surface area contributed by atoms with Gasteiger partial charge < -0.3 is 19.5 Å². The quantitative estimate of drug-likeness (QED) is 0.383. The average Bonchev–Trinajstić information content (AvgIpc) is 2.49. The third-order valence-corrected chi connectivity index (χ3v) is 2.81. The zero-order chi connectivity index (χ0) is 15.5. The molecular weight excluding hydrogens is 276 g/mol. The van der Waals surface area contributed by atoms with Crippen LogP contribution in [0.5, 0.6) is 0 Å². The summed E-state index contributed by atoms with van der Waals surface area (Å²) in [6.45, 7) is 2.60. The zero-order valence-corrected chi connectivity index (χ0v) is 12.5. The van der Waals surface area contributed by atoms with Crippen molar-refractivity contribution < 1.29 is 19.1 Å². The van der Waals surface area contributed by atoms with Crippen LogP contribution < -0.4 is 5.32 Å². The van der Waals surface area contributed by atoms with E-state index in [1.54, 1.807) is 26.3 Å². The monoisotopic (exact) mass is 298 g/mol. The Hall–Kier alpha value is -1.70. The van der Waals surface area contributed by atoms with Gasteiger partial charge in [-0.3, -0.25) is 10.1 Å². The second-order valence-electron chi connectivity index (χ2n) is 4.37. The molecule has 1 aromatic carbocycles. The summed E-state index contributed by atoms with van der Waals surface area (Å²) >= 11 is 0. The molecule has 1 aromatic rings. The molecule has 0 saturated carbocycles. The van der Waals surface area contributed by atoms with Crippen LogP contribution in [0.4, 0.5) is 11.4 Å². The third-order valence-electron chi connectivity index (χ3n) is 2.81. The van der Waals surface area contributed by atoms with Gasteiger partial charge in [-0.15, -0.1) is 0 Å². The molecule has 7 nitrogen and oxygen atoms in total. The molecule has 7 heteroatoms. The number of ether oxygens (including phenoxy) is 3. The second-order valence-corrected chi connectivity index (χ2v) is 4.37. The summed E-state index contributed by atoms with van der Waals surface area (Å²) in [5, 5.41) is 13.7. The summed E-state index contributed by atoms with van der Waals surface area (Å²) in [4.78, 5) is 10.5. The molecule has 0 aromatic heterocycles. The Morgan fingerprint density at radius 3 is 2.62 bits per heavy atom. The van der Waals surface area contributed by atoms with Crippen molar-refractivity contribution in [2.45, 2.75) is 13.0 Å². The molecule has 0 aliphatic carbocycles. The molecule has 1 N–H and O–H groups in total. The Morgan fingerprint density at radius 2 is 1.95 bits per heavy atom. The maximum Gasteiger partial charge on any atom is 0.292 e.